The van der Waals surface area contributed by atoms with Crippen LogP contribution < -0.4 is 4.72 Å². The molecule has 108 valence electrons. The zero-order chi connectivity index (χ0) is 13.9. The Morgan fingerprint density at radius 3 is 2.58 bits per heavy atom. The Morgan fingerprint density at radius 2 is 2.00 bits per heavy atom. The number of hydrogen-bond acceptors (Lipinski definition) is 4. The number of rotatable bonds is 5. The lowest BCUT2D eigenvalue weighted by molar-refractivity contribution is 0.296. The normalized spacial score (nSPS) is 21.8. The molecule has 0 saturated carbocycles. The molecule has 1 unspecified atom stereocenters. The first-order valence-corrected chi connectivity index (χ1v) is 8.33. The predicted octanol–water partition coefficient (Wildman–Crippen LogP) is 3.09. The molecule has 0 bridgehead atoms. The molecule has 0 aromatic heterocycles. The summed E-state index contributed by atoms with van der Waals surface area (Å²) in [7, 11) is -0.720. The van der Waals surface area contributed by atoms with Gasteiger partial charge in [-0.2, -0.15) is 0 Å². The highest BCUT2D eigenvalue weighted by Gasteiger charge is 2.21. The lowest BCUT2D eigenvalue weighted by Crippen LogP contribution is -2.30. The third-order valence-corrected chi connectivity index (χ3v) is 5.34. The van der Waals surface area contributed by atoms with Gasteiger partial charge in [0.2, 0.25) is 0 Å². The van der Waals surface area contributed by atoms with E-state index >= 15 is 0 Å². The molecular formula is C14H24N2O2S. The molecule has 0 radical (unpaired) electrons. The fourth-order valence-corrected chi connectivity index (χ4v) is 3.61. The van der Waals surface area contributed by atoms with Crippen LogP contribution in [0.3, 0.4) is 0 Å². The van der Waals surface area contributed by atoms with Crippen LogP contribution in [0.1, 0.15) is 24.8 Å². The minimum atomic E-state index is -2.85. The molecule has 4 nitrogen and oxygen atoms in total. The van der Waals surface area contributed by atoms with Crippen molar-refractivity contribution in [3.8, 4) is 0 Å². The first kappa shape index (κ1) is 14.8. The van der Waals surface area contributed by atoms with Gasteiger partial charge in [0.05, 0.1) is 4.90 Å². The Bertz CT molecular complexity index is 408. The van der Waals surface area contributed by atoms with E-state index in [0.29, 0.717) is 17.5 Å². The zero-order valence-corrected chi connectivity index (χ0v) is 12.5. The van der Waals surface area contributed by atoms with Gasteiger partial charge < -0.3 is 4.90 Å². The average Bonchev–Trinajstić information content (AvgIpc) is 2.75. The molecule has 1 aromatic carbocycles. The molecule has 3 N–H and O–H groups in total. The maximum atomic E-state index is 10.1. The van der Waals surface area contributed by atoms with Crippen molar-refractivity contribution in [2.45, 2.75) is 37.1 Å². The summed E-state index contributed by atoms with van der Waals surface area (Å²) in [5.41, 5.74) is 1.12. The van der Waals surface area contributed by atoms with E-state index < -0.39 is 10.8 Å². The number of nitrogens with zero attached hydrogens (tertiary/aromatic N) is 1. The van der Waals surface area contributed by atoms with Gasteiger partial charge in [-0.15, -0.1) is 10.8 Å². The van der Waals surface area contributed by atoms with E-state index in [1.54, 1.807) is 12.1 Å². The van der Waals surface area contributed by atoms with E-state index in [1.165, 1.54) is 12.8 Å². The van der Waals surface area contributed by atoms with Crippen LogP contribution in [0, 0.1) is 6.92 Å². The smallest absolute Gasteiger partial charge is 0.0750 e. The summed E-state index contributed by atoms with van der Waals surface area (Å²) in [5, 5.41) is 0. The molecule has 1 atom stereocenters. The van der Waals surface area contributed by atoms with Gasteiger partial charge in [0.25, 0.3) is 0 Å². The van der Waals surface area contributed by atoms with Crippen LogP contribution in [-0.2, 0) is 0 Å². The van der Waals surface area contributed by atoms with Crippen LogP contribution in [0.15, 0.2) is 29.2 Å². The predicted molar refractivity (Wildman–Crippen MR) is 80.6 cm³/mol. The zero-order valence-electron chi connectivity index (χ0n) is 11.7. The maximum absolute atomic E-state index is 10.1. The van der Waals surface area contributed by atoms with E-state index in [-0.39, 0.29) is 0 Å². The fraction of sp³-hybridized carbons (Fsp3) is 0.571. The Hall–Kier alpha value is -0.590. The summed E-state index contributed by atoms with van der Waals surface area (Å²) in [4.78, 5) is 2.91. The first-order chi connectivity index (χ1) is 8.99. The van der Waals surface area contributed by atoms with E-state index in [4.69, 9.17) is 0 Å². The minimum absolute atomic E-state index is 0.567. The standard InChI is InChI=1S/C14H24N2O2S/c1-12-5-7-14(8-6-12)19(17,18)15-10-9-13-4-3-11-16(13)2/h5-8,13,15,17-18H,3-4,9-11H2,1-2H3. The van der Waals surface area contributed by atoms with Crippen molar-refractivity contribution in [2.75, 3.05) is 20.1 Å². The van der Waals surface area contributed by atoms with E-state index in [1.807, 2.05) is 19.1 Å². The van der Waals surface area contributed by atoms with Gasteiger partial charge in [-0.1, -0.05) is 17.7 Å². The largest absolute Gasteiger partial charge is 0.303 e. The van der Waals surface area contributed by atoms with Crippen LogP contribution >= 0.6 is 10.8 Å². The quantitative estimate of drug-likeness (QED) is 0.777. The van der Waals surface area contributed by atoms with E-state index in [0.717, 1.165) is 18.5 Å². The number of benzene rings is 1. The third-order valence-electron chi connectivity index (χ3n) is 3.80. The summed E-state index contributed by atoms with van der Waals surface area (Å²) in [5.74, 6) is 0. The van der Waals surface area contributed by atoms with Crippen LogP contribution in [0.25, 0.3) is 0 Å². The van der Waals surface area contributed by atoms with Crippen molar-refractivity contribution in [2.24, 2.45) is 0 Å². The summed E-state index contributed by atoms with van der Waals surface area (Å²) in [6.45, 7) is 3.77. The van der Waals surface area contributed by atoms with Gasteiger partial charge in [-0.3, -0.25) is 9.11 Å². The van der Waals surface area contributed by atoms with E-state index in [9.17, 15) is 9.11 Å². The van der Waals surface area contributed by atoms with Gasteiger partial charge in [0.1, 0.15) is 0 Å². The fourth-order valence-electron chi connectivity index (χ4n) is 2.52. The molecule has 1 aromatic rings. The highest BCUT2D eigenvalue weighted by molar-refractivity contribution is 8.22. The molecule has 0 aliphatic carbocycles. The second-order valence-electron chi connectivity index (χ2n) is 5.32. The molecule has 1 aliphatic heterocycles. The molecule has 19 heavy (non-hydrogen) atoms. The molecule has 0 amide bonds. The third kappa shape index (κ3) is 3.94. The second-order valence-corrected chi connectivity index (χ2v) is 7.18. The topological polar surface area (TPSA) is 55.7 Å². The van der Waals surface area contributed by atoms with Crippen LogP contribution in [0.2, 0.25) is 0 Å². The summed E-state index contributed by atoms with van der Waals surface area (Å²) in [6, 6.07) is 7.92. The number of likely N-dealkylation sites (tertiary alicyclic amines) is 1. The first-order valence-electron chi connectivity index (χ1n) is 6.79. The highest BCUT2D eigenvalue weighted by Crippen LogP contribution is 2.43. The number of nitrogens with one attached hydrogen (secondary N) is 1. The van der Waals surface area contributed by atoms with Gasteiger partial charge in [-0.05, 0) is 51.9 Å². The van der Waals surface area contributed by atoms with Crippen LogP contribution in [0.4, 0.5) is 0 Å². The molecule has 5 heteroatoms. The average molecular weight is 284 g/mol. The Balaban J connectivity index is 1.85. The summed E-state index contributed by atoms with van der Waals surface area (Å²) >= 11 is 0. The highest BCUT2D eigenvalue weighted by atomic mass is 32.3. The van der Waals surface area contributed by atoms with Crippen LogP contribution in [-0.4, -0.2) is 40.2 Å². The summed E-state index contributed by atoms with van der Waals surface area (Å²) < 4.78 is 23.2. The number of aryl methyl sites for hydroxylation is 1. The van der Waals surface area contributed by atoms with E-state index in [2.05, 4.69) is 16.7 Å². The molecule has 1 heterocycles. The molecule has 2 rings (SSSR count). The molecule has 1 saturated heterocycles. The molecule has 1 fully saturated rings. The number of hydrogen-bond donors (Lipinski definition) is 3. The van der Waals surface area contributed by atoms with Crippen molar-refractivity contribution >= 4 is 10.8 Å². The van der Waals surface area contributed by atoms with Crippen molar-refractivity contribution < 1.29 is 9.11 Å². The minimum Gasteiger partial charge on any atom is -0.303 e. The van der Waals surface area contributed by atoms with Gasteiger partial charge in [0, 0.05) is 12.6 Å². The SMILES string of the molecule is Cc1ccc(S(O)(O)NCCC2CCCN2C)cc1. The second kappa shape index (κ2) is 6.24. The molecular weight excluding hydrogens is 260 g/mol. The maximum Gasteiger partial charge on any atom is 0.0750 e. The Labute approximate surface area is 117 Å². The Kier molecular flexibility index (Phi) is 4.86. The van der Waals surface area contributed by atoms with Gasteiger partial charge >= 0.3 is 0 Å². The lowest BCUT2D eigenvalue weighted by Gasteiger charge is -2.34. The van der Waals surface area contributed by atoms with Crippen molar-refractivity contribution in [1.82, 2.24) is 9.62 Å². The molecule has 1 aliphatic rings. The summed E-state index contributed by atoms with van der Waals surface area (Å²) in [6.07, 6.45) is 3.41. The monoisotopic (exact) mass is 284 g/mol. The lowest BCUT2D eigenvalue weighted by atomic mass is 10.1. The van der Waals surface area contributed by atoms with Crippen molar-refractivity contribution in [1.29, 1.82) is 0 Å². The van der Waals surface area contributed by atoms with Crippen molar-refractivity contribution in [3.63, 3.8) is 0 Å². The molecule has 0 spiro atoms. The van der Waals surface area contributed by atoms with Crippen molar-refractivity contribution in [3.05, 3.63) is 29.8 Å². The van der Waals surface area contributed by atoms with Gasteiger partial charge in [0.15, 0.2) is 0 Å². The van der Waals surface area contributed by atoms with Gasteiger partial charge in [-0.25, -0.2) is 4.72 Å². The van der Waals surface area contributed by atoms with Crippen LogP contribution in [0.5, 0.6) is 0 Å². The Morgan fingerprint density at radius 1 is 1.32 bits per heavy atom.